The molecule has 1 aliphatic heterocycles. The van der Waals surface area contributed by atoms with Crippen molar-refractivity contribution in [1.82, 2.24) is 14.9 Å². The van der Waals surface area contributed by atoms with E-state index in [1.54, 1.807) is 6.33 Å². The van der Waals surface area contributed by atoms with Gasteiger partial charge in [0.25, 0.3) is 0 Å². The van der Waals surface area contributed by atoms with Gasteiger partial charge >= 0.3 is 0 Å². The van der Waals surface area contributed by atoms with Gasteiger partial charge in [0, 0.05) is 43.4 Å². The van der Waals surface area contributed by atoms with Gasteiger partial charge in [-0.2, -0.15) is 0 Å². The normalized spacial score (nSPS) is 21.9. The van der Waals surface area contributed by atoms with Crippen LogP contribution >= 0.6 is 0 Å². The molecule has 1 aliphatic carbocycles. The van der Waals surface area contributed by atoms with Gasteiger partial charge in [0.05, 0.1) is 0 Å². The summed E-state index contributed by atoms with van der Waals surface area (Å²) >= 11 is 0. The number of rotatable bonds is 5. The van der Waals surface area contributed by atoms with Crippen LogP contribution < -0.4 is 5.32 Å². The standard InChI is InChI=1S/C18H22N4/c1-2-4-14(5-3-1)11-22-9-8-16(12-22)21-18-10-17(15-6-7-15)19-13-20-18/h1-5,10,13,15-16H,6-9,11-12H2,(H,19,20,21)/t16-/m0/s1. The summed E-state index contributed by atoms with van der Waals surface area (Å²) in [5.74, 6) is 1.67. The van der Waals surface area contributed by atoms with Crippen LogP contribution in [0.3, 0.4) is 0 Å². The average molecular weight is 294 g/mol. The first-order valence-electron chi connectivity index (χ1n) is 8.21. The average Bonchev–Trinajstić information content (AvgIpc) is 3.31. The molecule has 4 rings (SSSR count). The van der Waals surface area contributed by atoms with Gasteiger partial charge in [0.1, 0.15) is 12.1 Å². The molecule has 114 valence electrons. The Bertz CT molecular complexity index is 624. The highest BCUT2D eigenvalue weighted by Gasteiger charge is 2.26. The van der Waals surface area contributed by atoms with Crippen molar-refractivity contribution in [3.63, 3.8) is 0 Å². The summed E-state index contributed by atoms with van der Waals surface area (Å²) in [6.07, 6.45) is 5.44. The van der Waals surface area contributed by atoms with Crippen LogP contribution in [0.1, 0.15) is 36.4 Å². The van der Waals surface area contributed by atoms with Crippen LogP contribution in [-0.4, -0.2) is 34.0 Å². The minimum Gasteiger partial charge on any atom is -0.366 e. The third-order valence-corrected chi connectivity index (χ3v) is 4.56. The van der Waals surface area contributed by atoms with Gasteiger partial charge in [0.15, 0.2) is 0 Å². The molecule has 0 radical (unpaired) electrons. The second-order valence-corrected chi connectivity index (χ2v) is 6.45. The van der Waals surface area contributed by atoms with Crippen LogP contribution in [0.4, 0.5) is 5.82 Å². The molecule has 0 amide bonds. The number of hydrogen-bond donors (Lipinski definition) is 1. The summed E-state index contributed by atoms with van der Waals surface area (Å²) in [4.78, 5) is 11.3. The molecule has 1 saturated heterocycles. The Morgan fingerprint density at radius 2 is 1.95 bits per heavy atom. The van der Waals surface area contributed by atoms with Gasteiger partial charge in [0.2, 0.25) is 0 Å². The lowest BCUT2D eigenvalue weighted by molar-refractivity contribution is 0.328. The molecule has 2 fully saturated rings. The zero-order valence-electron chi connectivity index (χ0n) is 12.8. The topological polar surface area (TPSA) is 41.0 Å². The molecule has 4 heteroatoms. The molecule has 2 aliphatic rings. The Balaban J connectivity index is 1.34. The maximum atomic E-state index is 4.39. The molecule has 22 heavy (non-hydrogen) atoms. The highest BCUT2D eigenvalue weighted by molar-refractivity contribution is 5.38. The SMILES string of the molecule is c1ccc(CN2CC[C@H](Nc3cc(C4CC4)ncn3)C2)cc1. The van der Waals surface area contributed by atoms with Crippen LogP contribution in [0.2, 0.25) is 0 Å². The van der Waals surface area contributed by atoms with E-state index < -0.39 is 0 Å². The Labute approximate surface area is 131 Å². The molecular formula is C18H22N4. The van der Waals surface area contributed by atoms with Crippen molar-refractivity contribution in [1.29, 1.82) is 0 Å². The van der Waals surface area contributed by atoms with E-state index >= 15 is 0 Å². The van der Waals surface area contributed by atoms with Crippen molar-refractivity contribution in [2.75, 3.05) is 18.4 Å². The maximum absolute atomic E-state index is 4.39. The Hall–Kier alpha value is -1.94. The summed E-state index contributed by atoms with van der Waals surface area (Å²) in [5, 5.41) is 3.59. The molecule has 2 heterocycles. The number of anilines is 1. The van der Waals surface area contributed by atoms with Crippen LogP contribution in [-0.2, 0) is 6.54 Å². The molecule has 2 aromatic rings. The second kappa shape index (κ2) is 6.05. The molecule has 4 nitrogen and oxygen atoms in total. The Morgan fingerprint density at radius 3 is 2.77 bits per heavy atom. The predicted molar refractivity (Wildman–Crippen MR) is 87.8 cm³/mol. The maximum Gasteiger partial charge on any atom is 0.129 e. The molecule has 1 aromatic heterocycles. The first-order valence-corrected chi connectivity index (χ1v) is 8.21. The second-order valence-electron chi connectivity index (χ2n) is 6.45. The van der Waals surface area contributed by atoms with Crippen LogP contribution in [0, 0.1) is 0 Å². The quantitative estimate of drug-likeness (QED) is 0.920. The molecule has 1 atom stereocenters. The van der Waals surface area contributed by atoms with E-state index in [0.29, 0.717) is 12.0 Å². The van der Waals surface area contributed by atoms with E-state index in [0.717, 1.165) is 25.5 Å². The van der Waals surface area contributed by atoms with Gasteiger partial charge < -0.3 is 5.32 Å². The zero-order chi connectivity index (χ0) is 14.8. The molecule has 0 spiro atoms. The van der Waals surface area contributed by atoms with Crippen molar-refractivity contribution in [2.45, 2.75) is 37.8 Å². The van der Waals surface area contributed by atoms with Crippen molar-refractivity contribution < 1.29 is 0 Å². The number of likely N-dealkylation sites (tertiary alicyclic amines) is 1. The van der Waals surface area contributed by atoms with Crippen LogP contribution in [0.25, 0.3) is 0 Å². The summed E-state index contributed by atoms with van der Waals surface area (Å²) in [7, 11) is 0. The van der Waals surface area contributed by atoms with E-state index in [2.05, 4.69) is 56.6 Å². The summed E-state index contributed by atoms with van der Waals surface area (Å²) in [6, 6.07) is 13.3. The first-order chi connectivity index (χ1) is 10.9. The van der Waals surface area contributed by atoms with E-state index in [9.17, 15) is 0 Å². The van der Waals surface area contributed by atoms with Gasteiger partial charge in [-0.1, -0.05) is 30.3 Å². The molecular weight excluding hydrogens is 272 g/mol. The molecule has 0 bridgehead atoms. The zero-order valence-corrected chi connectivity index (χ0v) is 12.8. The highest BCUT2D eigenvalue weighted by atomic mass is 15.2. The lowest BCUT2D eigenvalue weighted by Crippen LogP contribution is -2.26. The lowest BCUT2D eigenvalue weighted by atomic mass is 10.2. The summed E-state index contributed by atoms with van der Waals surface area (Å²) in [5.41, 5.74) is 2.60. The van der Waals surface area contributed by atoms with E-state index in [-0.39, 0.29) is 0 Å². The monoisotopic (exact) mass is 294 g/mol. The fraction of sp³-hybridized carbons (Fsp3) is 0.444. The third kappa shape index (κ3) is 3.28. The van der Waals surface area contributed by atoms with E-state index in [4.69, 9.17) is 0 Å². The predicted octanol–water partition coefficient (Wildman–Crippen LogP) is 3.04. The van der Waals surface area contributed by atoms with E-state index in [1.165, 1.54) is 30.5 Å². The van der Waals surface area contributed by atoms with Gasteiger partial charge in [-0.25, -0.2) is 9.97 Å². The minimum atomic E-state index is 0.491. The number of nitrogens with one attached hydrogen (secondary N) is 1. The fourth-order valence-corrected chi connectivity index (χ4v) is 3.20. The number of hydrogen-bond acceptors (Lipinski definition) is 4. The Kier molecular flexibility index (Phi) is 3.77. The van der Waals surface area contributed by atoms with Crippen LogP contribution in [0.15, 0.2) is 42.7 Å². The number of aromatic nitrogens is 2. The molecule has 1 aromatic carbocycles. The highest BCUT2D eigenvalue weighted by Crippen LogP contribution is 2.39. The van der Waals surface area contributed by atoms with Crippen molar-refractivity contribution in [3.8, 4) is 0 Å². The first kappa shape index (κ1) is 13.7. The summed E-state index contributed by atoms with van der Waals surface area (Å²) in [6.45, 7) is 3.26. The van der Waals surface area contributed by atoms with Gasteiger partial charge in [-0.15, -0.1) is 0 Å². The third-order valence-electron chi connectivity index (χ3n) is 4.56. The lowest BCUT2D eigenvalue weighted by Gasteiger charge is -2.17. The molecule has 1 saturated carbocycles. The molecule has 1 N–H and O–H groups in total. The van der Waals surface area contributed by atoms with Crippen molar-refractivity contribution >= 4 is 5.82 Å². The minimum absolute atomic E-state index is 0.491. The molecule has 0 unspecified atom stereocenters. The number of nitrogens with zero attached hydrogens (tertiary/aromatic N) is 3. The fourth-order valence-electron chi connectivity index (χ4n) is 3.20. The Morgan fingerprint density at radius 1 is 1.09 bits per heavy atom. The van der Waals surface area contributed by atoms with Crippen molar-refractivity contribution in [2.24, 2.45) is 0 Å². The van der Waals surface area contributed by atoms with Crippen molar-refractivity contribution in [3.05, 3.63) is 54.0 Å². The van der Waals surface area contributed by atoms with Crippen LogP contribution in [0.5, 0.6) is 0 Å². The summed E-state index contributed by atoms with van der Waals surface area (Å²) < 4.78 is 0. The van der Waals surface area contributed by atoms with Gasteiger partial charge in [-0.05, 0) is 24.8 Å². The largest absolute Gasteiger partial charge is 0.366 e. The van der Waals surface area contributed by atoms with Gasteiger partial charge in [-0.3, -0.25) is 4.90 Å². The number of benzene rings is 1. The smallest absolute Gasteiger partial charge is 0.129 e. The van der Waals surface area contributed by atoms with E-state index in [1.807, 2.05) is 0 Å².